The van der Waals surface area contributed by atoms with Gasteiger partial charge in [-0.2, -0.15) is 0 Å². The Bertz CT molecular complexity index is 833. The molecule has 112 valence electrons. The molecule has 0 aliphatic carbocycles. The van der Waals surface area contributed by atoms with Gasteiger partial charge in [0.15, 0.2) is 5.76 Å². The molecule has 3 rings (SSSR count). The second-order valence-corrected chi connectivity index (χ2v) is 6.37. The Morgan fingerprint density at radius 1 is 1.09 bits per heavy atom. The van der Waals surface area contributed by atoms with Crippen molar-refractivity contribution in [3.8, 4) is 22.6 Å². The van der Waals surface area contributed by atoms with Crippen molar-refractivity contribution in [2.24, 2.45) is 0 Å². The molecular weight excluding hydrogens is 417 g/mol. The van der Waals surface area contributed by atoms with Crippen LogP contribution in [0.15, 0.2) is 55.9 Å². The number of hydrogen-bond donors (Lipinski definition) is 1. The van der Waals surface area contributed by atoms with Crippen LogP contribution in [0.25, 0.3) is 22.6 Å². The van der Waals surface area contributed by atoms with E-state index in [0.717, 1.165) is 10.0 Å². The predicted octanol–water partition coefficient (Wildman–Crippen LogP) is 5.17. The van der Waals surface area contributed by atoms with Crippen molar-refractivity contribution >= 4 is 31.9 Å². The Morgan fingerprint density at radius 2 is 1.86 bits per heavy atom. The zero-order chi connectivity index (χ0) is 15.7. The summed E-state index contributed by atoms with van der Waals surface area (Å²) in [6, 6.07) is 12.0. The number of aliphatic hydroxyl groups is 1. The van der Waals surface area contributed by atoms with E-state index in [-0.39, 0.29) is 17.9 Å². The molecule has 2 aromatic carbocycles. The highest BCUT2D eigenvalue weighted by atomic mass is 79.9. The van der Waals surface area contributed by atoms with E-state index in [1.165, 1.54) is 6.07 Å². The lowest BCUT2D eigenvalue weighted by atomic mass is 10.0. The first kappa shape index (κ1) is 15.4. The molecule has 0 saturated carbocycles. The van der Waals surface area contributed by atoms with Crippen LogP contribution >= 0.6 is 31.9 Å². The highest BCUT2D eigenvalue weighted by Gasteiger charge is 2.22. The van der Waals surface area contributed by atoms with Crippen molar-refractivity contribution in [2.75, 3.05) is 0 Å². The maximum Gasteiger partial charge on any atom is 0.175 e. The normalized spacial score (nSPS) is 10.9. The third kappa shape index (κ3) is 2.74. The summed E-state index contributed by atoms with van der Waals surface area (Å²) in [6.45, 7) is -0.304. The van der Waals surface area contributed by atoms with E-state index in [0.29, 0.717) is 15.7 Å². The fourth-order valence-corrected chi connectivity index (χ4v) is 3.04. The smallest absolute Gasteiger partial charge is 0.175 e. The van der Waals surface area contributed by atoms with E-state index in [1.807, 2.05) is 24.3 Å². The van der Waals surface area contributed by atoms with E-state index < -0.39 is 5.82 Å². The van der Waals surface area contributed by atoms with Gasteiger partial charge in [-0.3, -0.25) is 0 Å². The van der Waals surface area contributed by atoms with E-state index in [1.54, 1.807) is 12.1 Å². The Kier molecular flexibility index (Phi) is 4.42. The van der Waals surface area contributed by atoms with Gasteiger partial charge in [0.25, 0.3) is 0 Å². The van der Waals surface area contributed by atoms with Gasteiger partial charge in [-0.25, -0.2) is 4.39 Å². The number of benzene rings is 2. The molecule has 0 unspecified atom stereocenters. The molecule has 22 heavy (non-hydrogen) atoms. The monoisotopic (exact) mass is 425 g/mol. The maximum absolute atomic E-state index is 14.1. The highest BCUT2D eigenvalue weighted by molar-refractivity contribution is 9.10. The summed E-state index contributed by atoms with van der Waals surface area (Å²) in [7, 11) is 0. The fourth-order valence-electron chi connectivity index (χ4n) is 2.20. The molecule has 0 fully saturated rings. The first-order chi connectivity index (χ1) is 10.6. The Labute approximate surface area is 143 Å². The van der Waals surface area contributed by atoms with Gasteiger partial charge in [0.05, 0.1) is 17.7 Å². The molecule has 0 amide bonds. The third-order valence-corrected chi connectivity index (χ3v) is 4.43. The second kappa shape index (κ2) is 6.32. The van der Waals surface area contributed by atoms with Gasteiger partial charge in [-0.1, -0.05) is 55.2 Å². The van der Waals surface area contributed by atoms with Crippen molar-refractivity contribution in [1.82, 2.24) is 5.16 Å². The van der Waals surface area contributed by atoms with Crippen molar-refractivity contribution < 1.29 is 14.0 Å². The van der Waals surface area contributed by atoms with Crippen LogP contribution in [0.5, 0.6) is 0 Å². The van der Waals surface area contributed by atoms with Crippen LogP contribution in [0.2, 0.25) is 0 Å². The van der Waals surface area contributed by atoms with Gasteiger partial charge in [-0.05, 0) is 24.3 Å². The molecule has 0 aliphatic rings. The van der Waals surface area contributed by atoms with E-state index in [9.17, 15) is 9.50 Å². The van der Waals surface area contributed by atoms with Crippen LogP contribution in [0.1, 0.15) is 5.56 Å². The topological polar surface area (TPSA) is 46.3 Å². The summed E-state index contributed by atoms with van der Waals surface area (Å²) < 4.78 is 20.9. The van der Waals surface area contributed by atoms with Crippen LogP contribution in [-0.2, 0) is 6.61 Å². The maximum atomic E-state index is 14.1. The van der Waals surface area contributed by atoms with Crippen molar-refractivity contribution in [1.29, 1.82) is 0 Å². The minimum absolute atomic E-state index is 0.229. The molecule has 0 spiro atoms. The standard InChI is InChI=1S/C16H10Br2FNO2/c17-9-5-6-14(19)11(7-9)16-12(8-21)15(20-22-16)10-3-1-2-4-13(10)18/h1-7,21H,8H2. The van der Waals surface area contributed by atoms with Gasteiger partial charge in [0.1, 0.15) is 11.5 Å². The van der Waals surface area contributed by atoms with Crippen LogP contribution in [-0.4, -0.2) is 10.3 Å². The van der Waals surface area contributed by atoms with Crippen LogP contribution in [0.3, 0.4) is 0 Å². The minimum atomic E-state index is -0.437. The average Bonchev–Trinajstić information content (AvgIpc) is 2.93. The molecular formula is C16H10Br2FNO2. The summed E-state index contributed by atoms with van der Waals surface area (Å²) in [6.07, 6.45) is 0. The number of halogens is 3. The highest BCUT2D eigenvalue weighted by Crippen LogP contribution is 2.37. The molecule has 0 saturated heterocycles. The Morgan fingerprint density at radius 3 is 2.59 bits per heavy atom. The number of nitrogens with zero attached hydrogens (tertiary/aromatic N) is 1. The van der Waals surface area contributed by atoms with Crippen molar-refractivity contribution in [3.05, 3.63) is 62.8 Å². The second-order valence-electron chi connectivity index (χ2n) is 4.60. The minimum Gasteiger partial charge on any atom is -0.391 e. The quantitative estimate of drug-likeness (QED) is 0.628. The summed E-state index contributed by atoms with van der Waals surface area (Å²) in [5.74, 6) is -0.209. The number of rotatable bonds is 3. The summed E-state index contributed by atoms with van der Waals surface area (Å²) in [5, 5.41) is 13.7. The van der Waals surface area contributed by atoms with Gasteiger partial charge in [0, 0.05) is 14.5 Å². The Hall–Kier alpha value is -1.50. The number of hydrogen-bond acceptors (Lipinski definition) is 3. The number of aromatic nitrogens is 1. The average molecular weight is 427 g/mol. The van der Waals surface area contributed by atoms with Gasteiger partial charge in [0.2, 0.25) is 0 Å². The lowest BCUT2D eigenvalue weighted by Gasteiger charge is -2.04. The van der Waals surface area contributed by atoms with Crippen molar-refractivity contribution in [2.45, 2.75) is 6.61 Å². The largest absolute Gasteiger partial charge is 0.391 e. The summed E-state index contributed by atoms with van der Waals surface area (Å²) in [5.41, 5.74) is 1.97. The molecule has 1 N–H and O–H groups in total. The zero-order valence-electron chi connectivity index (χ0n) is 11.2. The molecule has 0 atom stereocenters. The first-order valence-electron chi connectivity index (χ1n) is 6.41. The molecule has 3 aromatic rings. The lowest BCUT2D eigenvalue weighted by molar-refractivity contribution is 0.281. The van der Waals surface area contributed by atoms with Crippen LogP contribution in [0, 0.1) is 5.82 Å². The SMILES string of the molecule is OCc1c(-c2ccccc2Br)noc1-c1cc(Br)ccc1F. The summed E-state index contributed by atoms with van der Waals surface area (Å²) >= 11 is 6.75. The molecule has 1 aromatic heterocycles. The molecule has 0 aliphatic heterocycles. The fraction of sp³-hybridized carbons (Fsp3) is 0.0625. The van der Waals surface area contributed by atoms with E-state index in [4.69, 9.17) is 4.52 Å². The van der Waals surface area contributed by atoms with Gasteiger partial charge < -0.3 is 9.63 Å². The zero-order valence-corrected chi connectivity index (χ0v) is 14.4. The molecule has 0 bridgehead atoms. The number of aliphatic hydroxyl groups excluding tert-OH is 1. The van der Waals surface area contributed by atoms with E-state index in [2.05, 4.69) is 37.0 Å². The Balaban J connectivity index is 2.20. The molecule has 6 heteroatoms. The van der Waals surface area contributed by atoms with Gasteiger partial charge in [-0.15, -0.1) is 0 Å². The van der Waals surface area contributed by atoms with Crippen molar-refractivity contribution in [3.63, 3.8) is 0 Å². The summed E-state index contributed by atoms with van der Waals surface area (Å²) in [4.78, 5) is 0. The first-order valence-corrected chi connectivity index (χ1v) is 8.00. The molecule has 3 nitrogen and oxygen atoms in total. The molecule has 0 radical (unpaired) electrons. The third-order valence-electron chi connectivity index (χ3n) is 3.25. The predicted molar refractivity (Wildman–Crippen MR) is 88.7 cm³/mol. The van der Waals surface area contributed by atoms with Crippen LogP contribution in [0.4, 0.5) is 4.39 Å². The van der Waals surface area contributed by atoms with E-state index >= 15 is 0 Å². The van der Waals surface area contributed by atoms with Crippen LogP contribution < -0.4 is 0 Å². The lowest BCUT2D eigenvalue weighted by Crippen LogP contribution is -1.91. The molecule has 1 heterocycles. The van der Waals surface area contributed by atoms with Gasteiger partial charge >= 0.3 is 0 Å².